The van der Waals surface area contributed by atoms with Gasteiger partial charge >= 0.3 is 0 Å². The second-order valence-electron chi connectivity index (χ2n) is 6.27. The van der Waals surface area contributed by atoms with Crippen LogP contribution in [-0.2, 0) is 17.7 Å². The Bertz CT molecular complexity index is 685. The van der Waals surface area contributed by atoms with Crippen molar-refractivity contribution < 1.29 is 14.2 Å². The van der Waals surface area contributed by atoms with Crippen LogP contribution < -0.4 is 9.47 Å². The maximum absolute atomic E-state index is 5.73. The molecule has 0 aliphatic carbocycles. The van der Waals surface area contributed by atoms with Gasteiger partial charge in [0.1, 0.15) is 6.61 Å². The lowest BCUT2D eigenvalue weighted by Crippen LogP contribution is -2.33. The van der Waals surface area contributed by atoms with Gasteiger partial charge in [0, 0.05) is 31.1 Å². The summed E-state index contributed by atoms with van der Waals surface area (Å²) >= 11 is 1.90. The molecule has 5 heteroatoms. The highest BCUT2D eigenvalue weighted by atomic mass is 32.1. The molecular weight excluding hydrogens is 334 g/mol. The fourth-order valence-corrected chi connectivity index (χ4v) is 4.44. The molecule has 2 heterocycles. The summed E-state index contributed by atoms with van der Waals surface area (Å²) in [6.07, 6.45) is 2.29. The van der Waals surface area contributed by atoms with Crippen molar-refractivity contribution in [2.45, 2.75) is 32.4 Å². The van der Waals surface area contributed by atoms with Crippen molar-refractivity contribution in [3.05, 3.63) is 45.6 Å². The highest BCUT2D eigenvalue weighted by molar-refractivity contribution is 7.10. The molecule has 1 aliphatic heterocycles. The highest BCUT2D eigenvalue weighted by Crippen LogP contribution is 2.37. The lowest BCUT2D eigenvalue weighted by Gasteiger charge is -2.35. The summed E-state index contributed by atoms with van der Waals surface area (Å²) in [6, 6.07) is 9.05. The largest absolute Gasteiger partial charge is 0.493 e. The van der Waals surface area contributed by atoms with Crippen LogP contribution in [0.5, 0.6) is 11.5 Å². The van der Waals surface area contributed by atoms with Gasteiger partial charge < -0.3 is 14.2 Å². The predicted octanol–water partition coefficient (Wildman–Crippen LogP) is 4.29. The zero-order valence-corrected chi connectivity index (χ0v) is 16.1. The van der Waals surface area contributed by atoms with Crippen LogP contribution in [0.4, 0.5) is 0 Å². The fraction of sp³-hybridized carbons (Fsp3) is 0.500. The molecule has 0 saturated carbocycles. The minimum absolute atomic E-state index is 0.513. The van der Waals surface area contributed by atoms with Crippen molar-refractivity contribution in [1.29, 1.82) is 0 Å². The SMILES string of the molecule is CC[C@H]1c2ccsc2CCN1Cc1ccc(OCCOC)c(OC)c1. The van der Waals surface area contributed by atoms with Gasteiger partial charge in [0.2, 0.25) is 0 Å². The Hall–Kier alpha value is -1.56. The monoisotopic (exact) mass is 361 g/mol. The lowest BCUT2D eigenvalue weighted by atomic mass is 9.97. The Morgan fingerprint density at radius 3 is 2.80 bits per heavy atom. The molecule has 1 atom stereocenters. The van der Waals surface area contributed by atoms with Crippen molar-refractivity contribution >= 4 is 11.3 Å². The molecule has 2 aromatic rings. The molecule has 0 spiro atoms. The van der Waals surface area contributed by atoms with Gasteiger partial charge in [-0.25, -0.2) is 0 Å². The normalized spacial score (nSPS) is 17.3. The molecule has 0 N–H and O–H groups in total. The molecule has 0 saturated heterocycles. The summed E-state index contributed by atoms with van der Waals surface area (Å²) in [5, 5.41) is 2.23. The third-order valence-electron chi connectivity index (χ3n) is 4.75. The molecule has 1 aromatic heterocycles. The number of methoxy groups -OCH3 is 2. The van der Waals surface area contributed by atoms with Crippen LogP contribution in [0, 0.1) is 0 Å². The Morgan fingerprint density at radius 2 is 2.04 bits per heavy atom. The molecular formula is C20H27NO3S. The molecule has 25 heavy (non-hydrogen) atoms. The number of fused-ring (bicyclic) bond motifs is 1. The van der Waals surface area contributed by atoms with Crippen molar-refractivity contribution in [2.75, 3.05) is 34.0 Å². The van der Waals surface area contributed by atoms with Gasteiger partial charge in [-0.3, -0.25) is 4.90 Å². The molecule has 0 bridgehead atoms. The standard InChI is InChI=1S/C20H27NO3S/c1-4-17-16-8-12-25-20(16)7-9-21(17)14-15-5-6-18(19(13-15)23-3)24-11-10-22-2/h5-6,8,12-13,17H,4,7,9-11,14H2,1-3H3/t17-/m0/s1. The van der Waals surface area contributed by atoms with Crippen LogP contribution in [-0.4, -0.2) is 38.9 Å². The molecule has 0 radical (unpaired) electrons. The Morgan fingerprint density at radius 1 is 1.16 bits per heavy atom. The van der Waals surface area contributed by atoms with Gasteiger partial charge in [0.25, 0.3) is 0 Å². The van der Waals surface area contributed by atoms with Gasteiger partial charge in [0.15, 0.2) is 11.5 Å². The average molecular weight is 362 g/mol. The molecule has 0 amide bonds. The van der Waals surface area contributed by atoms with E-state index < -0.39 is 0 Å². The van der Waals surface area contributed by atoms with Gasteiger partial charge in [0.05, 0.1) is 13.7 Å². The van der Waals surface area contributed by atoms with Crippen LogP contribution >= 0.6 is 11.3 Å². The number of nitrogens with zero attached hydrogens (tertiary/aromatic N) is 1. The number of rotatable bonds is 8. The fourth-order valence-electron chi connectivity index (χ4n) is 3.51. The molecule has 0 unspecified atom stereocenters. The summed E-state index contributed by atoms with van der Waals surface area (Å²) in [5.74, 6) is 1.56. The van der Waals surface area contributed by atoms with Gasteiger partial charge in [-0.1, -0.05) is 13.0 Å². The summed E-state index contributed by atoms with van der Waals surface area (Å²) in [4.78, 5) is 4.14. The van der Waals surface area contributed by atoms with Crippen LogP contribution in [0.2, 0.25) is 0 Å². The first-order valence-corrected chi connectivity index (χ1v) is 9.73. The zero-order valence-electron chi connectivity index (χ0n) is 15.3. The smallest absolute Gasteiger partial charge is 0.161 e. The zero-order chi connectivity index (χ0) is 17.6. The van der Waals surface area contributed by atoms with Crippen molar-refractivity contribution in [2.24, 2.45) is 0 Å². The van der Waals surface area contributed by atoms with Crippen LogP contribution in [0.25, 0.3) is 0 Å². The highest BCUT2D eigenvalue weighted by Gasteiger charge is 2.26. The minimum Gasteiger partial charge on any atom is -0.493 e. The maximum atomic E-state index is 5.73. The van der Waals surface area contributed by atoms with Crippen molar-refractivity contribution in [1.82, 2.24) is 4.90 Å². The second kappa shape index (κ2) is 8.70. The molecule has 136 valence electrons. The Kier molecular flexibility index (Phi) is 6.34. The van der Waals surface area contributed by atoms with Crippen LogP contribution in [0.1, 0.15) is 35.4 Å². The first kappa shape index (κ1) is 18.2. The third-order valence-corrected chi connectivity index (χ3v) is 5.75. The molecule has 1 aromatic carbocycles. The Labute approximate surface area is 154 Å². The van der Waals surface area contributed by atoms with Crippen LogP contribution in [0.15, 0.2) is 29.6 Å². The summed E-state index contributed by atoms with van der Waals surface area (Å²) < 4.78 is 16.3. The first-order valence-electron chi connectivity index (χ1n) is 8.85. The van der Waals surface area contributed by atoms with E-state index >= 15 is 0 Å². The second-order valence-corrected chi connectivity index (χ2v) is 7.27. The van der Waals surface area contributed by atoms with E-state index in [1.165, 1.54) is 11.1 Å². The average Bonchev–Trinajstić information content (AvgIpc) is 3.11. The maximum Gasteiger partial charge on any atom is 0.161 e. The molecule has 1 aliphatic rings. The van der Waals surface area contributed by atoms with E-state index in [1.54, 1.807) is 19.1 Å². The molecule has 4 nitrogen and oxygen atoms in total. The van der Waals surface area contributed by atoms with Gasteiger partial charge in [-0.15, -0.1) is 11.3 Å². The summed E-state index contributed by atoms with van der Waals surface area (Å²) in [7, 11) is 3.36. The van der Waals surface area contributed by atoms with E-state index in [-0.39, 0.29) is 0 Å². The Balaban J connectivity index is 1.72. The topological polar surface area (TPSA) is 30.9 Å². The van der Waals surface area contributed by atoms with E-state index in [0.29, 0.717) is 19.3 Å². The number of thiophene rings is 1. The number of ether oxygens (including phenoxy) is 3. The quantitative estimate of drug-likeness (QED) is 0.656. The first-order chi connectivity index (χ1) is 12.3. The van der Waals surface area contributed by atoms with E-state index in [2.05, 4.69) is 35.4 Å². The van der Waals surface area contributed by atoms with Crippen molar-refractivity contribution in [3.63, 3.8) is 0 Å². The number of benzene rings is 1. The van der Waals surface area contributed by atoms with E-state index in [9.17, 15) is 0 Å². The molecule has 3 rings (SSSR count). The van der Waals surface area contributed by atoms with Crippen molar-refractivity contribution in [3.8, 4) is 11.5 Å². The lowest BCUT2D eigenvalue weighted by molar-refractivity contribution is 0.144. The number of hydrogen-bond acceptors (Lipinski definition) is 5. The van der Waals surface area contributed by atoms with Crippen LogP contribution in [0.3, 0.4) is 0 Å². The van der Waals surface area contributed by atoms with E-state index in [1.807, 2.05) is 17.4 Å². The van der Waals surface area contributed by atoms with Gasteiger partial charge in [-0.05, 0) is 47.5 Å². The van der Waals surface area contributed by atoms with E-state index in [0.717, 1.165) is 37.4 Å². The summed E-state index contributed by atoms with van der Waals surface area (Å²) in [5.41, 5.74) is 2.78. The number of hydrogen-bond donors (Lipinski definition) is 0. The van der Waals surface area contributed by atoms with Gasteiger partial charge in [-0.2, -0.15) is 0 Å². The third kappa shape index (κ3) is 4.17. The van der Waals surface area contributed by atoms with E-state index in [4.69, 9.17) is 14.2 Å². The predicted molar refractivity (Wildman–Crippen MR) is 102 cm³/mol. The molecule has 0 fully saturated rings. The minimum atomic E-state index is 0.513. The summed E-state index contributed by atoms with van der Waals surface area (Å²) in [6.45, 7) is 5.41.